The zero-order chi connectivity index (χ0) is 14.1. The second kappa shape index (κ2) is 9.18. The van der Waals surface area contributed by atoms with Gasteiger partial charge in [0, 0.05) is 19.6 Å². The highest BCUT2D eigenvalue weighted by atomic mass is 16.3. The van der Waals surface area contributed by atoms with Crippen LogP contribution in [0.15, 0.2) is 0 Å². The van der Waals surface area contributed by atoms with Crippen molar-refractivity contribution < 1.29 is 9.90 Å². The van der Waals surface area contributed by atoms with Gasteiger partial charge in [0.2, 0.25) is 0 Å². The number of nitrogens with zero attached hydrogens (tertiary/aromatic N) is 1. The summed E-state index contributed by atoms with van der Waals surface area (Å²) in [7, 11) is 0. The van der Waals surface area contributed by atoms with Crippen LogP contribution in [0, 0.1) is 5.92 Å². The first-order chi connectivity index (χ1) is 9.09. The Morgan fingerprint density at radius 1 is 1.32 bits per heavy atom. The van der Waals surface area contributed by atoms with Crippen molar-refractivity contribution in [1.29, 1.82) is 0 Å². The van der Waals surface area contributed by atoms with Crippen molar-refractivity contribution in [1.82, 2.24) is 10.2 Å². The van der Waals surface area contributed by atoms with E-state index in [1.165, 1.54) is 25.7 Å². The number of rotatable bonds is 7. The lowest BCUT2D eigenvalue weighted by atomic mass is 10.0. The van der Waals surface area contributed by atoms with Crippen LogP contribution in [0.5, 0.6) is 0 Å². The van der Waals surface area contributed by atoms with Gasteiger partial charge in [-0.05, 0) is 25.2 Å². The monoisotopic (exact) mass is 270 g/mol. The first-order valence-electron chi connectivity index (χ1n) is 7.80. The summed E-state index contributed by atoms with van der Waals surface area (Å²) in [4.78, 5) is 13.6. The molecule has 0 bridgehead atoms. The molecule has 1 rings (SSSR count). The maximum Gasteiger partial charge on any atom is 0.317 e. The van der Waals surface area contributed by atoms with Crippen LogP contribution in [0.3, 0.4) is 0 Å². The molecular formula is C15H30N2O2. The number of piperidine rings is 1. The fourth-order valence-corrected chi connectivity index (χ4v) is 2.48. The third kappa shape index (κ3) is 7.41. The summed E-state index contributed by atoms with van der Waals surface area (Å²) in [6, 6.07) is -0.0130. The van der Waals surface area contributed by atoms with Gasteiger partial charge in [-0.2, -0.15) is 0 Å². The largest absolute Gasteiger partial charge is 0.391 e. The summed E-state index contributed by atoms with van der Waals surface area (Å²) in [5.41, 5.74) is 0. The highest BCUT2D eigenvalue weighted by Crippen LogP contribution is 2.10. The minimum Gasteiger partial charge on any atom is -0.391 e. The van der Waals surface area contributed by atoms with E-state index in [9.17, 15) is 9.90 Å². The number of aliphatic hydroxyl groups excluding tert-OH is 1. The van der Waals surface area contributed by atoms with E-state index in [0.29, 0.717) is 6.54 Å². The Labute approximate surface area is 117 Å². The van der Waals surface area contributed by atoms with E-state index in [1.807, 2.05) is 0 Å². The number of nitrogens with one attached hydrogen (secondary N) is 1. The van der Waals surface area contributed by atoms with E-state index in [-0.39, 0.29) is 12.1 Å². The van der Waals surface area contributed by atoms with Crippen LogP contribution >= 0.6 is 0 Å². The van der Waals surface area contributed by atoms with Gasteiger partial charge in [0.05, 0.1) is 6.10 Å². The normalized spacial score (nSPS) is 19.8. The molecule has 1 atom stereocenters. The summed E-state index contributed by atoms with van der Waals surface area (Å²) in [5, 5.41) is 12.5. The predicted molar refractivity (Wildman–Crippen MR) is 78.1 cm³/mol. The molecule has 1 unspecified atom stereocenters. The Balaban J connectivity index is 1.98. The molecule has 19 heavy (non-hydrogen) atoms. The molecule has 1 heterocycles. The Hall–Kier alpha value is -0.770. The molecule has 1 fully saturated rings. The lowest BCUT2D eigenvalue weighted by Crippen LogP contribution is -2.47. The van der Waals surface area contributed by atoms with E-state index in [2.05, 4.69) is 19.2 Å². The number of unbranched alkanes of at least 4 members (excludes halogenated alkanes) is 3. The minimum atomic E-state index is -0.337. The van der Waals surface area contributed by atoms with Crippen molar-refractivity contribution >= 4 is 6.03 Å². The highest BCUT2D eigenvalue weighted by molar-refractivity contribution is 5.74. The van der Waals surface area contributed by atoms with Gasteiger partial charge in [-0.3, -0.25) is 0 Å². The van der Waals surface area contributed by atoms with Crippen molar-refractivity contribution in [3.05, 3.63) is 0 Å². The first-order valence-corrected chi connectivity index (χ1v) is 7.80. The van der Waals surface area contributed by atoms with Gasteiger partial charge < -0.3 is 15.3 Å². The second-order valence-corrected chi connectivity index (χ2v) is 6.07. The van der Waals surface area contributed by atoms with Crippen LogP contribution in [-0.2, 0) is 0 Å². The molecule has 0 spiro atoms. The molecule has 1 saturated heterocycles. The quantitative estimate of drug-likeness (QED) is 0.699. The minimum absolute atomic E-state index is 0.0130. The van der Waals surface area contributed by atoms with E-state index >= 15 is 0 Å². The standard InChI is InChI=1S/C15H30N2O2/c1-13(2)8-5-3-4-6-10-16-15(19)17-11-7-9-14(18)12-17/h13-14,18H,3-12H2,1-2H3,(H,16,19). The van der Waals surface area contributed by atoms with Gasteiger partial charge in [-0.15, -0.1) is 0 Å². The fourth-order valence-electron chi connectivity index (χ4n) is 2.48. The molecule has 0 aromatic heterocycles. The molecule has 1 aliphatic heterocycles. The molecule has 1 aliphatic rings. The number of β-amino-alcohol motifs (C(OH)–C–C–N with tert-alkyl or cyclic N) is 1. The van der Waals surface area contributed by atoms with Crippen LogP contribution in [0.2, 0.25) is 0 Å². The predicted octanol–water partition coefficient (Wildman–Crippen LogP) is 2.76. The number of hydrogen-bond donors (Lipinski definition) is 2. The van der Waals surface area contributed by atoms with Crippen molar-refractivity contribution in [3.8, 4) is 0 Å². The number of aliphatic hydroxyl groups is 1. The van der Waals surface area contributed by atoms with Crippen molar-refractivity contribution in [3.63, 3.8) is 0 Å². The van der Waals surface area contributed by atoms with Crippen LogP contribution in [0.25, 0.3) is 0 Å². The third-order valence-electron chi connectivity index (χ3n) is 3.67. The number of amides is 2. The Morgan fingerprint density at radius 2 is 2.05 bits per heavy atom. The number of likely N-dealkylation sites (tertiary alicyclic amines) is 1. The highest BCUT2D eigenvalue weighted by Gasteiger charge is 2.21. The van der Waals surface area contributed by atoms with Crippen LogP contribution in [-0.4, -0.2) is 41.8 Å². The SMILES string of the molecule is CC(C)CCCCCCNC(=O)N1CCCC(O)C1. The Bertz CT molecular complexity index is 257. The second-order valence-electron chi connectivity index (χ2n) is 6.07. The van der Waals surface area contributed by atoms with E-state index < -0.39 is 0 Å². The number of urea groups is 1. The van der Waals surface area contributed by atoms with Gasteiger partial charge in [0.25, 0.3) is 0 Å². The van der Waals surface area contributed by atoms with E-state index in [0.717, 1.165) is 38.3 Å². The lowest BCUT2D eigenvalue weighted by molar-refractivity contribution is 0.0843. The van der Waals surface area contributed by atoms with Gasteiger partial charge in [0.1, 0.15) is 0 Å². The van der Waals surface area contributed by atoms with Crippen molar-refractivity contribution in [2.75, 3.05) is 19.6 Å². The molecule has 112 valence electrons. The zero-order valence-corrected chi connectivity index (χ0v) is 12.5. The Morgan fingerprint density at radius 3 is 2.74 bits per heavy atom. The Kier molecular flexibility index (Phi) is 7.87. The molecular weight excluding hydrogens is 240 g/mol. The smallest absolute Gasteiger partial charge is 0.317 e. The van der Waals surface area contributed by atoms with Crippen molar-refractivity contribution in [2.24, 2.45) is 5.92 Å². The van der Waals surface area contributed by atoms with Gasteiger partial charge in [-0.1, -0.05) is 39.5 Å². The number of carbonyl (C=O) groups is 1. The maximum absolute atomic E-state index is 11.8. The molecule has 0 saturated carbocycles. The molecule has 2 amide bonds. The molecule has 4 nitrogen and oxygen atoms in total. The van der Waals surface area contributed by atoms with E-state index in [1.54, 1.807) is 4.90 Å². The summed E-state index contributed by atoms with van der Waals surface area (Å²) < 4.78 is 0. The number of carbonyl (C=O) groups excluding carboxylic acids is 1. The summed E-state index contributed by atoms with van der Waals surface area (Å²) in [5.74, 6) is 0.797. The number of hydrogen-bond acceptors (Lipinski definition) is 2. The summed E-state index contributed by atoms with van der Waals surface area (Å²) in [6.07, 6.45) is 7.49. The topological polar surface area (TPSA) is 52.6 Å². The third-order valence-corrected chi connectivity index (χ3v) is 3.67. The molecule has 4 heteroatoms. The summed E-state index contributed by atoms with van der Waals surface area (Å²) >= 11 is 0. The van der Waals surface area contributed by atoms with Gasteiger partial charge in [-0.25, -0.2) is 4.79 Å². The zero-order valence-electron chi connectivity index (χ0n) is 12.5. The van der Waals surface area contributed by atoms with Crippen LogP contribution in [0.1, 0.15) is 58.8 Å². The molecule has 0 aromatic rings. The summed E-state index contributed by atoms with van der Waals surface area (Å²) in [6.45, 7) is 6.53. The van der Waals surface area contributed by atoms with Gasteiger partial charge in [0.15, 0.2) is 0 Å². The average Bonchev–Trinajstić information content (AvgIpc) is 2.37. The molecule has 2 N–H and O–H groups in total. The lowest BCUT2D eigenvalue weighted by Gasteiger charge is -2.30. The molecule has 0 radical (unpaired) electrons. The maximum atomic E-state index is 11.8. The van der Waals surface area contributed by atoms with Crippen molar-refractivity contribution in [2.45, 2.75) is 64.9 Å². The van der Waals surface area contributed by atoms with Crippen LogP contribution < -0.4 is 5.32 Å². The van der Waals surface area contributed by atoms with Gasteiger partial charge >= 0.3 is 6.03 Å². The molecule has 0 aromatic carbocycles. The van der Waals surface area contributed by atoms with Crippen LogP contribution in [0.4, 0.5) is 4.79 Å². The first kappa shape index (κ1) is 16.3. The molecule has 0 aliphatic carbocycles. The fraction of sp³-hybridized carbons (Fsp3) is 0.933. The average molecular weight is 270 g/mol. The van der Waals surface area contributed by atoms with E-state index in [4.69, 9.17) is 0 Å².